The summed E-state index contributed by atoms with van der Waals surface area (Å²) >= 11 is 0. The van der Waals surface area contributed by atoms with Crippen LogP contribution >= 0.6 is 0 Å². The van der Waals surface area contributed by atoms with Crippen LogP contribution in [-0.4, -0.2) is 37.4 Å². The monoisotopic (exact) mass is 328 g/mol. The minimum Gasteiger partial charge on any atom is -0.497 e. The second-order valence-electron chi connectivity index (χ2n) is 4.70. The molecule has 0 saturated carbocycles. The molecule has 0 spiro atoms. The molecule has 0 aromatic heterocycles. The third kappa shape index (κ3) is 4.10. The Kier molecular flexibility index (Phi) is 5.51. The number of rotatable bonds is 6. The molecule has 0 aliphatic rings. The molecule has 2 aromatic carbocycles. The average Bonchev–Trinajstić information content (AvgIpc) is 2.61. The summed E-state index contributed by atoms with van der Waals surface area (Å²) in [6.07, 6.45) is 1.35. The molecule has 2 N–H and O–H groups in total. The number of nitrogens with zero attached hydrogens (tertiary/aromatic N) is 1. The highest BCUT2D eigenvalue weighted by atomic mass is 16.5. The summed E-state index contributed by atoms with van der Waals surface area (Å²) in [5, 5.41) is 13.0. The van der Waals surface area contributed by atoms with E-state index in [2.05, 4.69) is 10.5 Å². The SMILES string of the molecule is COc1cccc(C(=O)N/N=C\c2ccc(OC)c(C(=O)O)c2)c1. The van der Waals surface area contributed by atoms with Gasteiger partial charge in [-0.25, -0.2) is 10.2 Å². The van der Waals surface area contributed by atoms with E-state index in [1.807, 2.05) is 0 Å². The van der Waals surface area contributed by atoms with E-state index in [0.29, 0.717) is 16.9 Å². The number of hydrazone groups is 1. The minimum absolute atomic E-state index is 0.0144. The maximum Gasteiger partial charge on any atom is 0.339 e. The van der Waals surface area contributed by atoms with E-state index in [1.165, 1.54) is 32.6 Å². The average molecular weight is 328 g/mol. The Hall–Kier alpha value is -3.35. The van der Waals surface area contributed by atoms with Crippen LogP contribution in [0.5, 0.6) is 11.5 Å². The van der Waals surface area contributed by atoms with Gasteiger partial charge in [0.15, 0.2) is 0 Å². The van der Waals surface area contributed by atoms with Gasteiger partial charge in [-0.3, -0.25) is 4.79 Å². The maximum atomic E-state index is 12.0. The summed E-state index contributed by atoms with van der Waals surface area (Å²) in [4.78, 5) is 23.1. The van der Waals surface area contributed by atoms with Crippen LogP contribution in [0.15, 0.2) is 47.6 Å². The maximum absolute atomic E-state index is 12.0. The number of carboxylic acids is 1. The Morgan fingerprint density at radius 2 is 1.92 bits per heavy atom. The number of amides is 1. The molecular formula is C17H16N2O5. The van der Waals surface area contributed by atoms with Gasteiger partial charge in [-0.2, -0.15) is 5.10 Å². The summed E-state index contributed by atoms with van der Waals surface area (Å²) in [6, 6.07) is 11.2. The quantitative estimate of drug-likeness (QED) is 0.625. The number of ether oxygens (including phenoxy) is 2. The molecule has 0 aliphatic carbocycles. The van der Waals surface area contributed by atoms with E-state index < -0.39 is 11.9 Å². The summed E-state index contributed by atoms with van der Waals surface area (Å²) < 4.78 is 10.0. The molecule has 0 saturated heterocycles. The van der Waals surface area contributed by atoms with Gasteiger partial charge in [0.2, 0.25) is 0 Å². The van der Waals surface area contributed by atoms with E-state index in [-0.39, 0.29) is 11.3 Å². The van der Waals surface area contributed by atoms with E-state index in [1.54, 1.807) is 30.3 Å². The second kappa shape index (κ2) is 7.77. The molecular weight excluding hydrogens is 312 g/mol. The number of benzene rings is 2. The normalized spacial score (nSPS) is 10.4. The smallest absolute Gasteiger partial charge is 0.339 e. The molecule has 124 valence electrons. The molecule has 24 heavy (non-hydrogen) atoms. The van der Waals surface area contributed by atoms with Gasteiger partial charge in [-0.15, -0.1) is 0 Å². The highest BCUT2D eigenvalue weighted by Crippen LogP contribution is 2.19. The molecule has 1 amide bonds. The molecule has 0 radical (unpaired) electrons. The Morgan fingerprint density at radius 3 is 2.58 bits per heavy atom. The van der Waals surface area contributed by atoms with E-state index in [4.69, 9.17) is 14.6 Å². The zero-order valence-corrected chi connectivity index (χ0v) is 13.1. The summed E-state index contributed by atoms with van der Waals surface area (Å²) in [5.41, 5.74) is 3.30. The van der Waals surface area contributed by atoms with Crippen molar-refractivity contribution >= 4 is 18.1 Å². The lowest BCUT2D eigenvalue weighted by Gasteiger charge is -2.05. The standard InChI is InChI=1S/C17H16N2O5/c1-23-13-5-3-4-12(9-13)16(20)19-18-10-11-6-7-15(24-2)14(8-11)17(21)22/h3-10H,1-2H3,(H,19,20)(H,21,22)/b18-10-. The number of hydrogen-bond donors (Lipinski definition) is 2. The third-order valence-electron chi connectivity index (χ3n) is 3.17. The Labute approximate surface area is 138 Å². The fourth-order valence-corrected chi connectivity index (χ4v) is 1.97. The Morgan fingerprint density at radius 1 is 1.12 bits per heavy atom. The van der Waals surface area contributed by atoms with Gasteiger partial charge in [0, 0.05) is 5.56 Å². The Balaban J connectivity index is 2.09. The molecule has 2 aromatic rings. The van der Waals surface area contributed by atoms with Gasteiger partial charge < -0.3 is 14.6 Å². The molecule has 7 nitrogen and oxygen atoms in total. The van der Waals surface area contributed by atoms with Gasteiger partial charge in [0.25, 0.3) is 5.91 Å². The molecule has 0 atom stereocenters. The first kappa shape index (κ1) is 17.0. The van der Waals surface area contributed by atoms with Crippen LogP contribution in [0.25, 0.3) is 0 Å². The minimum atomic E-state index is -1.11. The lowest BCUT2D eigenvalue weighted by Crippen LogP contribution is -2.17. The van der Waals surface area contributed by atoms with Crippen molar-refractivity contribution in [3.63, 3.8) is 0 Å². The van der Waals surface area contributed by atoms with Gasteiger partial charge in [0.1, 0.15) is 17.1 Å². The zero-order valence-electron chi connectivity index (χ0n) is 13.1. The van der Waals surface area contributed by atoms with E-state index >= 15 is 0 Å². The lowest BCUT2D eigenvalue weighted by molar-refractivity contribution is 0.0693. The number of hydrogen-bond acceptors (Lipinski definition) is 5. The second-order valence-corrected chi connectivity index (χ2v) is 4.70. The fraction of sp³-hybridized carbons (Fsp3) is 0.118. The number of carboxylic acid groups (broad SMARTS) is 1. The first-order chi connectivity index (χ1) is 11.5. The number of aromatic carboxylic acids is 1. The van der Waals surface area contributed by atoms with Gasteiger partial charge >= 0.3 is 5.97 Å². The number of carbonyl (C=O) groups excluding carboxylic acids is 1. The van der Waals surface area contributed by atoms with Crippen molar-refractivity contribution in [2.45, 2.75) is 0 Å². The van der Waals surface area contributed by atoms with Crippen molar-refractivity contribution in [3.05, 3.63) is 59.2 Å². The predicted molar refractivity (Wildman–Crippen MR) is 88.0 cm³/mol. The van der Waals surface area contributed by atoms with Crippen LogP contribution in [-0.2, 0) is 0 Å². The number of carbonyl (C=O) groups is 2. The van der Waals surface area contributed by atoms with Gasteiger partial charge in [0.05, 0.1) is 20.4 Å². The van der Waals surface area contributed by atoms with Crippen molar-refractivity contribution in [2.24, 2.45) is 5.10 Å². The van der Waals surface area contributed by atoms with Crippen LogP contribution in [0.4, 0.5) is 0 Å². The summed E-state index contributed by atoms with van der Waals surface area (Å²) in [7, 11) is 2.91. The number of methoxy groups -OCH3 is 2. The van der Waals surface area contributed by atoms with E-state index in [0.717, 1.165) is 0 Å². The molecule has 0 bridgehead atoms. The molecule has 0 heterocycles. The molecule has 0 fully saturated rings. The van der Waals surface area contributed by atoms with E-state index in [9.17, 15) is 9.59 Å². The fourth-order valence-electron chi connectivity index (χ4n) is 1.97. The van der Waals surface area contributed by atoms with Gasteiger partial charge in [-0.05, 0) is 42.0 Å². The largest absolute Gasteiger partial charge is 0.497 e. The van der Waals surface area contributed by atoms with Crippen LogP contribution < -0.4 is 14.9 Å². The lowest BCUT2D eigenvalue weighted by atomic mass is 10.1. The van der Waals surface area contributed by atoms with Crippen molar-refractivity contribution < 1.29 is 24.2 Å². The van der Waals surface area contributed by atoms with Crippen molar-refractivity contribution in [1.82, 2.24) is 5.43 Å². The van der Waals surface area contributed by atoms with Gasteiger partial charge in [-0.1, -0.05) is 6.07 Å². The molecule has 7 heteroatoms. The first-order valence-electron chi connectivity index (χ1n) is 6.94. The molecule has 2 rings (SSSR count). The molecule has 0 aliphatic heterocycles. The van der Waals surface area contributed by atoms with Crippen LogP contribution in [0, 0.1) is 0 Å². The summed E-state index contributed by atoms with van der Waals surface area (Å²) in [5.74, 6) is -0.701. The summed E-state index contributed by atoms with van der Waals surface area (Å²) in [6.45, 7) is 0. The predicted octanol–water partition coefficient (Wildman–Crippen LogP) is 2.17. The van der Waals surface area contributed by atoms with Crippen LogP contribution in [0.2, 0.25) is 0 Å². The first-order valence-corrected chi connectivity index (χ1v) is 6.94. The Bertz CT molecular complexity index is 786. The third-order valence-corrected chi connectivity index (χ3v) is 3.17. The topological polar surface area (TPSA) is 97.2 Å². The van der Waals surface area contributed by atoms with Crippen molar-refractivity contribution in [3.8, 4) is 11.5 Å². The van der Waals surface area contributed by atoms with Crippen molar-refractivity contribution in [1.29, 1.82) is 0 Å². The highest BCUT2D eigenvalue weighted by Gasteiger charge is 2.11. The number of nitrogens with one attached hydrogen (secondary N) is 1. The van der Waals surface area contributed by atoms with Crippen LogP contribution in [0.1, 0.15) is 26.3 Å². The van der Waals surface area contributed by atoms with Crippen LogP contribution in [0.3, 0.4) is 0 Å². The highest BCUT2D eigenvalue weighted by molar-refractivity contribution is 5.96. The molecule has 0 unspecified atom stereocenters. The van der Waals surface area contributed by atoms with Crippen molar-refractivity contribution in [2.75, 3.05) is 14.2 Å². The zero-order chi connectivity index (χ0) is 17.5.